The molecule has 0 bridgehead atoms. The van der Waals surface area contributed by atoms with Crippen LogP contribution in [0.5, 0.6) is 0 Å². The quantitative estimate of drug-likeness (QED) is 0.660. The van der Waals surface area contributed by atoms with E-state index in [4.69, 9.17) is 5.73 Å². The van der Waals surface area contributed by atoms with Gasteiger partial charge in [-0.25, -0.2) is 9.67 Å². The van der Waals surface area contributed by atoms with Crippen molar-refractivity contribution in [1.29, 1.82) is 0 Å². The number of rotatable bonds is 1. The topological polar surface area (TPSA) is 69.6 Å². The number of nitrogens with zero attached hydrogens (tertiary/aromatic N) is 4. The number of aromatic nitrogens is 4. The maximum Gasteiger partial charge on any atom is 0.172 e. The SMILES string of the molecule is Nc1cnn(-c2cnc3ccccc3n2)c1. The second-order valence-corrected chi connectivity index (χ2v) is 3.44. The average molecular weight is 211 g/mol. The fourth-order valence-corrected chi connectivity index (χ4v) is 1.52. The molecule has 2 N–H and O–H groups in total. The number of fused-ring (bicyclic) bond motifs is 1. The van der Waals surface area contributed by atoms with Crippen molar-refractivity contribution in [3.8, 4) is 5.82 Å². The van der Waals surface area contributed by atoms with Gasteiger partial charge in [0.1, 0.15) is 0 Å². The van der Waals surface area contributed by atoms with Crippen LogP contribution in [0, 0.1) is 0 Å². The van der Waals surface area contributed by atoms with Gasteiger partial charge in [0.25, 0.3) is 0 Å². The van der Waals surface area contributed by atoms with Gasteiger partial charge in [-0.1, -0.05) is 12.1 Å². The van der Waals surface area contributed by atoms with E-state index >= 15 is 0 Å². The fourth-order valence-electron chi connectivity index (χ4n) is 1.52. The van der Waals surface area contributed by atoms with Crippen molar-refractivity contribution in [2.45, 2.75) is 0 Å². The van der Waals surface area contributed by atoms with Crippen molar-refractivity contribution in [3.63, 3.8) is 0 Å². The molecule has 0 unspecified atom stereocenters. The Kier molecular flexibility index (Phi) is 1.83. The first-order chi connectivity index (χ1) is 7.83. The molecule has 0 atom stereocenters. The molecule has 5 nitrogen and oxygen atoms in total. The first-order valence-corrected chi connectivity index (χ1v) is 4.85. The number of benzene rings is 1. The van der Waals surface area contributed by atoms with Gasteiger partial charge >= 0.3 is 0 Å². The molecule has 2 heterocycles. The lowest BCUT2D eigenvalue weighted by atomic mass is 10.3. The Morgan fingerprint density at radius 3 is 2.62 bits per heavy atom. The lowest BCUT2D eigenvalue weighted by Crippen LogP contribution is -1.99. The van der Waals surface area contributed by atoms with E-state index in [1.54, 1.807) is 23.3 Å². The van der Waals surface area contributed by atoms with E-state index in [9.17, 15) is 0 Å². The molecule has 0 saturated carbocycles. The van der Waals surface area contributed by atoms with Crippen molar-refractivity contribution in [3.05, 3.63) is 42.9 Å². The first-order valence-electron chi connectivity index (χ1n) is 4.85. The van der Waals surface area contributed by atoms with Gasteiger partial charge in [-0.05, 0) is 12.1 Å². The van der Waals surface area contributed by atoms with Gasteiger partial charge in [-0.15, -0.1) is 0 Å². The Bertz CT molecular complexity index is 643. The van der Waals surface area contributed by atoms with Crippen LogP contribution in [0.1, 0.15) is 0 Å². The third-order valence-corrected chi connectivity index (χ3v) is 2.27. The molecule has 0 amide bonds. The number of nitrogens with two attached hydrogens (primary N) is 1. The highest BCUT2D eigenvalue weighted by Gasteiger charge is 2.02. The monoisotopic (exact) mass is 211 g/mol. The summed E-state index contributed by atoms with van der Waals surface area (Å²) < 4.78 is 1.61. The van der Waals surface area contributed by atoms with Gasteiger partial charge < -0.3 is 5.73 Å². The molecule has 0 aliphatic heterocycles. The molecule has 2 aromatic heterocycles. The molecule has 1 aromatic carbocycles. The van der Waals surface area contributed by atoms with Crippen LogP contribution in [0.15, 0.2) is 42.9 Å². The Balaban J connectivity index is 2.18. The summed E-state index contributed by atoms with van der Waals surface area (Å²) in [6, 6.07) is 7.70. The van der Waals surface area contributed by atoms with Crippen LogP contribution in [-0.2, 0) is 0 Å². The van der Waals surface area contributed by atoms with Crippen molar-refractivity contribution in [2.24, 2.45) is 0 Å². The van der Waals surface area contributed by atoms with Gasteiger partial charge in [-0.2, -0.15) is 5.10 Å². The molecule has 0 fully saturated rings. The largest absolute Gasteiger partial charge is 0.396 e. The smallest absolute Gasteiger partial charge is 0.172 e. The number of hydrogen-bond acceptors (Lipinski definition) is 4. The maximum atomic E-state index is 5.60. The van der Waals surface area contributed by atoms with Gasteiger partial charge in [0.2, 0.25) is 0 Å². The van der Waals surface area contributed by atoms with Gasteiger partial charge in [-0.3, -0.25) is 4.98 Å². The first kappa shape index (κ1) is 8.84. The fraction of sp³-hybridized carbons (Fsp3) is 0. The third kappa shape index (κ3) is 1.38. The molecule has 78 valence electrons. The van der Waals surface area contributed by atoms with Crippen LogP contribution in [0.3, 0.4) is 0 Å². The standard InChI is InChI=1S/C11H9N5/c12-8-5-14-16(7-8)11-6-13-9-3-1-2-4-10(9)15-11/h1-7H,12H2. The van der Waals surface area contributed by atoms with E-state index in [0.29, 0.717) is 11.5 Å². The van der Waals surface area contributed by atoms with Crippen LogP contribution < -0.4 is 5.73 Å². The molecule has 16 heavy (non-hydrogen) atoms. The lowest BCUT2D eigenvalue weighted by molar-refractivity contribution is 0.846. The summed E-state index contributed by atoms with van der Waals surface area (Å²) in [7, 11) is 0. The van der Waals surface area contributed by atoms with Crippen molar-refractivity contribution in [1.82, 2.24) is 19.7 Å². The van der Waals surface area contributed by atoms with E-state index in [0.717, 1.165) is 11.0 Å². The van der Waals surface area contributed by atoms with Gasteiger partial charge in [0.15, 0.2) is 5.82 Å². The lowest BCUT2D eigenvalue weighted by Gasteiger charge is -2.01. The molecule has 3 rings (SSSR count). The molecule has 5 heteroatoms. The van der Waals surface area contributed by atoms with E-state index < -0.39 is 0 Å². The molecular formula is C11H9N5. The minimum atomic E-state index is 0.606. The number of anilines is 1. The molecular weight excluding hydrogens is 202 g/mol. The molecule has 0 aliphatic carbocycles. The van der Waals surface area contributed by atoms with Crippen LogP contribution in [-0.4, -0.2) is 19.7 Å². The Labute approximate surface area is 91.6 Å². The number of para-hydroxylation sites is 2. The summed E-state index contributed by atoms with van der Waals surface area (Å²) in [5, 5.41) is 4.08. The van der Waals surface area contributed by atoms with Crippen molar-refractivity contribution in [2.75, 3.05) is 5.73 Å². The second kappa shape index (κ2) is 3.30. The molecule has 0 saturated heterocycles. The number of nitrogen functional groups attached to an aromatic ring is 1. The summed E-state index contributed by atoms with van der Waals surface area (Å²) in [4.78, 5) is 8.74. The van der Waals surface area contributed by atoms with Crippen LogP contribution in [0.2, 0.25) is 0 Å². The maximum absolute atomic E-state index is 5.60. The van der Waals surface area contributed by atoms with E-state index in [-0.39, 0.29) is 0 Å². The highest BCUT2D eigenvalue weighted by atomic mass is 15.3. The molecule has 0 radical (unpaired) electrons. The van der Waals surface area contributed by atoms with E-state index in [1.807, 2.05) is 24.3 Å². The highest BCUT2D eigenvalue weighted by molar-refractivity contribution is 5.74. The molecule has 3 aromatic rings. The Morgan fingerprint density at radius 1 is 1.06 bits per heavy atom. The van der Waals surface area contributed by atoms with E-state index in [1.165, 1.54) is 0 Å². The normalized spacial score (nSPS) is 10.8. The Morgan fingerprint density at radius 2 is 1.88 bits per heavy atom. The van der Waals surface area contributed by atoms with Gasteiger partial charge in [0, 0.05) is 0 Å². The molecule has 0 spiro atoms. The minimum absolute atomic E-state index is 0.606. The predicted molar refractivity (Wildman–Crippen MR) is 61.1 cm³/mol. The third-order valence-electron chi connectivity index (χ3n) is 2.27. The summed E-state index contributed by atoms with van der Waals surface area (Å²) in [5.41, 5.74) is 7.91. The average Bonchev–Trinajstić information content (AvgIpc) is 2.75. The summed E-state index contributed by atoms with van der Waals surface area (Å²) in [6.45, 7) is 0. The zero-order valence-corrected chi connectivity index (χ0v) is 8.41. The van der Waals surface area contributed by atoms with Crippen molar-refractivity contribution >= 4 is 16.7 Å². The van der Waals surface area contributed by atoms with Gasteiger partial charge in [0.05, 0.1) is 35.3 Å². The van der Waals surface area contributed by atoms with Crippen LogP contribution >= 0.6 is 0 Å². The summed E-state index contributed by atoms with van der Waals surface area (Å²) in [5.74, 6) is 0.662. The predicted octanol–water partition coefficient (Wildman–Crippen LogP) is 1.40. The Hall–Kier alpha value is -2.43. The summed E-state index contributed by atoms with van der Waals surface area (Å²) >= 11 is 0. The van der Waals surface area contributed by atoms with Crippen LogP contribution in [0.4, 0.5) is 5.69 Å². The second-order valence-electron chi connectivity index (χ2n) is 3.44. The highest BCUT2D eigenvalue weighted by Crippen LogP contribution is 2.11. The number of hydrogen-bond donors (Lipinski definition) is 1. The zero-order valence-electron chi connectivity index (χ0n) is 8.41. The van der Waals surface area contributed by atoms with E-state index in [2.05, 4.69) is 15.1 Å². The van der Waals surface area contributed by atoms with Crippen LogP contribution in [0.25, 0.3) is 16.9 Å². The minimum Gasteiger partial charge on any atom is -0.396 e. The zero-order chi connectivity index (χ0) is 11.0. The molecule has 0 aliphatic rings. The summed E-state index contributed by atoms with van der Waals surface area (Å²) in [6.07, 6.45) is 4.96. The van der Waals surface area contributed by atoms with Crippen molar-refractivity contribution < 1.29 is 0 Å².